The van der Waals surface area contributed by atoms with Gasteiger partial charge in [-0.1, -0.05) is 13.0 Å². The number of carbonyl (C=O) groups is 1. The first-order chi connectivity index (χ1) is 13.4. The van der Waals surface area contributed by atoms with Crippen molar-refractivity contribution in [2.45, 2.75) is 45.3 Å². The van der Waals surface area contributed by atoms with Gasteiger partial charge in [-0.25, -0.2) is 4.79 Å². The van der Waals surface area contributed by atoms with E-state index in [1.807, 2.05) is 12.1 Å². The molecule has 154 valence electrons. The van der Waals surface area contributed by atoms with E-state index in [4.69, 9.17) is 9.47 Å². The van der Waals surface area contributed by atoms with Crippen molar-refractivity contribution in [1.82, 2.24) is 15.1 Å². The maximum absolute atomic E-state index is 12.6. The summed E-state index contributed by atoms with van der Waals surface area (Å²) in [5.74, 6) is 1.70. The minimum Gasteiger partial charge on any atom is -0.486 e. The number of piperazine rings is 1. The van der Waals surface area contributed by atoms with Gasteiger partial charge in [-0.15, -0.1) is 0 Å². The van der Waals surface area contributed by atoms with Gasteiger partial charge < -0.3 is 19.7 Å². The standard InChI is InChI=1S/C21H32N4O3/c1-5-21(15-22-19(26)25(21)20(2,3)4)24-11-9-23(10-12-24)16-7-6-8-17-18(16)28-14-13-27-17/h6-8H,5,9-15H2,1-4H3,(H,22,26). The predicted octanol–water partition coefficient (Wildman–Crippen LogP) is 2.51. The molecule has 0 aromatic heterocycles. The van der Waals surface area contributed by atoms with E-state index in [0.717, 1.165) is 49.8 Å². The minimum atomic E-state index is -0.267. The Hall–Kier alpha value is -2.15. The summed E-state index contributed by atoms with van der Waals surface area (Å²) in [6.45, 7) is 14.0. The second-order valence-corrected chi connectivity index (χ2v) is 8.78. The lowest BCUT2D eigenvalue weighted by Crippen LogP contribution is -2.67. The summed E-state index contributed by atoms with van der Waals surface area (Å²) in [7, 11) is 0. The predicted molar refractivity (Wildman–Crippen MR) is 109 cm³/mol. The SMILES string of the molecule is CCC1(N2CCN(c3cccc4c3OCCO4)CC2)CNC(=O)N1C(C)(C)C. The van der Waals surface area contributed by atoms with Crippen molar-refractivity contribution in [3.05, 3.63) is 18.2 Å². The minimum absolute atomic E-state index is 0.0412. The Morgan fingerprint density at radius 3 is 2.50 bits per heavy atom. The van der Waals surface area contributed by atoms with E-state index in [1.165, 1.54) is 0 Å². The second kappa shape index (κ2) is 7.03. The van der Waals surface area contributed by atoms with Crippen molar-refractivity contribution in [3.8, 4) is 11.5 Å². The average molecular weight is 389 g/mol. The van der Waals surface area contributed by atoms with Crippen molar-refractivity contribution < 1.29 is 14.3 Å². The number of nitrogens with one attached hydrogen (secondary N) is 1. The van der Waals surface area contributed by atoms with E-state index in [9.17, 15) is 4.79 Å². The molecule has 2 amide bonds. The molecule has 3 heterocycles. The highest BCUT2D eigenvalue weighted by Crippen LogP contribution is 2.41. The monoisotopic (exact) mass is 388 g/mol. The van der Waals surface area contributed by atoms with Crippen molar-refractivity contribution in [2.75, 3.05) is 50.8 Å². The van der Waals surface area contributed by atoms with Crippen molar-refractivity contribution >= 4 is 11.7 Å². The second-order valence-electron chi connectivity index (χ2n) is 8.78. The number of rotatable bonds is 3. The van der Waals surface area contributed by atoms with Gasteiger partial charge in [0, 0.05) is 31.7 Å². The fraction of sp³-hybridized carbons (Fsp3) is 0.667. The van der Waals surface area contributed by atoms with Gasteiger partial charge in [0.2, 0.25) is 0 Å². The van der Waals surface area contributed by atoms with E-state index >= 15 is 0 Å². The number of para-hydroxylation sites is 1. The number of ether oxygens (including phenoxy) is 2. The Bertz CT molecular complexity index is 740. The van der Waals surface area contributed by atoms with Gasteiger partial charge in [-0.2, -0.15) is 0 Å². The number of carbonyl (C=O) groups excluding carboxylic acids is 1. The van der Waals surface area contributed by atoms with Gasteiger partial charge in [0.1, 0.15) is 18.9 Å². The molecule has 1 atom stereocenters. The van der Waals surface area contributed by atoms with Gasteiger partial charge in [0.15, 0.2) is 11.5 Å². The largest absolute Gasteiger partial charge is 0.486 e. The Morgan fingerprint density at radius 2 is 1.82 bits per heavy atom. The zero-order valence-corrected chi connectivity index (χ0v) is 17.5. The van der Waals surface area contributed by atoms with Crippen LogP contribution in [0.5, 0.6) is 11.5 Å². The lowest BCUT2D eigenvalue weighted by atomic mass is 9.95. The van der Waals surface area contributed by atoms with Crippen LogP contribution in [0.4, 0.5) is 10.5 Å². The van der Waals surface area contributed by atoms with Gasteiger partial charge in [0.25, 0.3) is 0 Å². The lowest BCUT2D eigenvalue weighted by Gasteiger charge is -2.53. The molecule has 3 aliphatic heterocycles. The summed E-state index contributed by atoms with van der Waals surface area (Å²) in [5.41, 5.74) is 0.616. The topological polar surface area (TPSA) is 57.3 Å². The lowest BCUT2D eigenvalue weighted by molar-refractivity contribution is -0.0509. The van der Waals surface area contributed by atoms with Crippen LogP contribution in [0.1, 0.15) is 34.1 Å². The third kappa shape index (κ3) is 3.05. The molecule has 7 nitrogen and oxygen atoms in total. The quantitative estimate of drug-likeness (QED) is 0.862. The van der Waals surface area contributed by atoms with Crippen LogP contribution in [-0.4, -0.2) is 73.0 Å². The van der Waals surface area contributed by atoms with Crippen LogP contribution < -0.4 is 19.7 Å². The van der Waals surface area contributed by atoms with Crippen molar-refractivity contribution in [2.24, 2.45) is 0 Å². The van der Waals surface area contributed by atoms with Crippen molar-refractivity contribution in [1.29, 1.82) is 0 Å². The van der Waals surface area contributed by atoms with E-state index in [1.54, 1.807) is 0 Å². The molecule has 1 aromatic rings. The molecule has 0 aliphatic carbocycles. The van der Waals surface area contributed by atoms with Crippen molar-refractivity contribution in [3.63, 3.8) is 0 Å². The first-order valence-electron chi connectivity index (χ1n) is 10.3. The van der Waals surface area contributed by atoms with E-state index in [2.05, 4.69) is 53.8 Å². The molecule has 1 unspecified atom stereocenters. The normalized spacial score (nSPS) is 25.8. The van der Waals surface area contributed by atoms with Crippen LogP contribution in [0.2, 0.25) is 0 Å². The van der Waals surface area contributed by atoms with E-state index in [0.29, 0.717) is 19.8 Å². The third-order valence-corrected chi connectivity index (χ3v) is 6.13. The number of fused-ring (bicyclic) bond motifs is 1. The van der Waals surface area contributed by atoms with Gasteiger partial charge >= 0.3 is 6.03 Å². The molecule has 2 fully saturated rings. The molecule has 0 spiro atoms. The summed E-state index contributed by atoms with van der Waals surface area (Å²) in [5, 5.41) is 3.09. The number of hydrogen-bond acceptors (Lipinski definition) is 5. The Morgan fingerprint density at radius 1 is 1.11 bits per heavy atom. The van der Waals surface area contributed by atoms with Gasteiger partial charge in [0.05, 0.1) is 12.2 Å². The van der Waals surface area contributed by atoms with E-state index in [-0.39, 0.29) is 17.2 Å². The fourth-order valence-corrected chi connectivity index (χ4v) is 4.92. The zero-order valence-electron chi connectivity index (χ0n) is 17.5. The summed E-state index contributed by atoms with van der Waals surface area (Å²) in [6, 6.07) is 6.15. The highest BCUT2D eigenvalue weighted by Gasteiger charge is 2.52. The fourth-order valence-electron chi connectivity index (χ4n) is 4.92. The molecule has 7 heteroatoms. The van der Waals surface area contributed by atoms with Crippen LogP contribution in [0, 0.1) is 0 Å². The Kier molecular flexibility index (Phi) is 4.81. The number of urea groups is 1. The average Bonchev–Trinajstić information content (AvgIpc) is 3.05. The molecule has 4 rings (SSSR count). The molecule has 3 aliphatic rings. The maximum Gasteiger partial charge on any atom is 0.319 e. The summed E-state index contributed by atoms with van der Waals surface area (Å²) >= 11 is 0. The maximum atomic E-state index is 12.6. The molecular weight excluding hydrogens is 356 g/mol. The molecule has 0 bridgehead atoms. The number of anilines is 1. The zero-order chi connectivity index (χ0) is 19.9. The highest BCUT2D eigenvalue weighted by molar-refractivity contribution is 5.78. The molecule has 2 saturated heterocycles. The van der Waals surface area contributed by atoms with Gasteiger partial charge in [-0.3, -0.25) is 9.80 Å². The summed E-state index contributed by atoms with van der Waals surface area (Å²) < 4.78 is 11.6. The van der Waals surface area contributed by atoms with E-state index < -0.39 is 0 Å². The highest BCUT2D eigenvalue weighted by atomic mass is 16.6. The smallest absolute Gasteiger partial charge is 0.319 e. The molecule has 1 N–H and O–H groups in total. The first kappa shape index (κ1) is 19.2. The van der Waals surface area contributed by atoms with Crippen LogP contribution in [0.25, 0.3) is 0 Å². The Balaban J connectivity index is 1.53. The number of hydrogen-bond donors (Lipinski definition) is 1. The van der Waals surface area contributed by atoms with Crippen LogP contribution in [-0.2, 0) is 0 Å². The molecule has 28 heavy (non-hydrogen) atoms. The molecular formula is C21H32N4O3. The van der Waals surface area contributed by atoms with Gasteiger partial charge in [-0.05, 0) is 39.3 Å². The van der Waals surface area contributed by atoms with Crippen LogP contribution >= 0.6 is 0 Å². The summed E-state index contributed by atoms with van der Waals surface area (Å²) in [4.78, 5) is 19.5. The van der Waals surface area contributed by atoms with Crippen LogP contribution in [0.3, 0.4) is 0 Å². The number of benzene rings is 1. The summed E-state index contributed by atoms with van der Waals surface area (Å²) in [6.07, 6.45) is 0.903. The molecule has 0 saturated carbocycles. The first-order valence-corrected chi connectivity index (χ1v) is 10.3. The molecule has 0 radical (unpaired) electrons. The third-order valence-electron chi connectivity index (χ3n) is 6.13. The number of nitrogens with zero attached hydrogens (tertiary/aromatic N) is 3. The number of amides is 2. The van der Waals surface area contributed by atoms with Crippen LogP contribution in [0.15, 0.2) is 18.2 Å². The molecule has 1 aromatic carbocycles. The Labute approximate surface area is 167 Å².